The highest BCUT2D eigenvalue weighted by Gasteiger charge is 2.50. The number of nitrogens with zero attached hydrogens (tertiary/aromatic N) is 3. The van der Waals surface area contributed by atoms with E-state index in [-0.39, 0.29) is 12.0 Å². The summed E-state index contributed by atoms with van der Waals surface area (Å²) < 4.78 is 5.27. The monoisotopic (exact) mass is 391 g/mol. The molecular weight excluding hydrogens is 362 g/mol. The Morgan fingerprint density at radius 1 is 1.07 bits per heavy atom. The van der Waals surface area contributed by atoms with Crippen molar-refractivity contribution in [2.75, 3.05) is 26.7 Å². The molecule has 0 N–H and O–H groups in total. The van der Waals surface area contributed by atoms with E-state index < -0.39 is 0 Å². The molecule has 3 aliphatic rings. The third-order valence-corrected chi connectivity index (χ3v) is 6.99. The van der Waals surface area contributed by atoms with E-state index in [4.69, 9.17) is 4.74 Å². The van der Waals surface area contributed by atoms with Crippen molar-refractivity contribution in [1.82, 2.24) is 14.8 Å². The molecule has 2 saturated heterocycles. The molecule has 0 bridgehead atoms. The fraction of sp³-hybridized carbons (Fsp3) is 0.500. The predicted octanol–water partition coefficient (Wildman–Crippen LogP) is 3.52. The van der Waals surface area contributed by atoms with Gasteiger partial charge in [-0.05, 0) is 30.4 Å². The first-order valence-electron chi connectivity index (χ1n) is 10.8. The highest BCUT2D eigenvalue weighted by atomic mass is 16.5. The maximum atomic E-state index is 13.2. The van der Waals surface area contributed by atoms with Crippen LogP contribution < -0.4 is 4.74 Å². The Morgan fingerprint density at radius 3 is 2.62 bits per heavy atom. The molecule has 2 aromatic rings. The summed E-state index contributed by atoms with van der Waals surface area (Å²) in [6, 6.07) is 16.8. The molecule has 1 amide bonds. The maximum absolute atomic E-state index is 13.2. The van der Waals surface area contributed by atoms with E-state index in [0.717, 1.165) is 44.7 Å². The molecular formula is C24H29N3O2. The Labute approximate surface area is 172 Å². The van der Waals surface area contributed by atoms with E-state index >= 15 is 0 Å². The molecule has 2 aliphatic heterocycles. The number of amides is 1. The topological polar surface area (TPSA) is 45.7 Å². The SMILES string of the molecule is COc1cccc(CN2C[C@H]3CN(C(=O)C4CCC4)[C@H](c4ccccc4)[C@H]3C2)n1. The Hall–Kier alpha value is -2.40. The summed E-state index contributed by atoms with van der Waals surface area (Å²) in [6.45, 7) is 3.77. The molecule has 1 aromatic carbocycles. The fourth-order valence-electron chi connectivity index (χ4n) is 5.35. The number of benzene rings is 1. The summed E-state index contributed by atoms with van der Waals surface area (Å²) in [6.07, 6.45) is 3.34. The summed E-state index contributed by atoms with van der Waals surface area (Å²) in [5.74, 6) is 2.35. The minimum Gasteiger partial charge on any atom is -0.481 e. The van der Waals surface area contributed by atoms with Crippen molar-refractivity contribution in [1.29, 1.82) is 0 Å². The van der Waals surface area contributed by atoms with Gasteiger partial charge in [0.25, 0.3) is 0 Å². The van der Waals surface area contributed by atoms with E-state index in [0.29, 0.717) is 23.6 Å². The van der Waals surface area contributed by atoms with Gasteiger partial charge < -0.3 is 9.64 Å². The lowest BCUT2D eigenvalue weighted by Crippen LogP contribution is -2.41. The molecule has 0 radical (unpaired) electrons. The van der Waals surface area contributed by atoms with Crippen LogP contribution in [-0.2, 0) is 11.3 Å². The van der Waals surface area contributed by atoms with Crippen molar-refractivity contribution in [3.63, 3.8) is 0 Å². The molecule has 0 unspecified atom stereocenters. The maximum Gasteiger partial charge on any atom is 0.226 e. The molecule has 29 heavy (non-hydrogen) atoms. The number of hydrogen-bond acceptors (Lipinski definition) is 4. The number of ether oxygens (including phenoxy) is 1. The third-order valence-electron chi connectivity index (χ3n) is 6.99. The number of carbonyl (C=O) groups excluding carboxylic acids is 1. The number of aromatic nitrogens is 1. The third kappa shape index (κ3) is 3.52. The average molecular weight is 392 g/mol. The van der Waals surface area contributed by atoms with E-state index in [1.807, 2.05) is 12.1 Å². The van der Waals surface area contributed by atoms with Crippen molar-refractivity contribution in [2.24, 2.45) is 17.8 Å². The number of carbonyl (C=O) groups is 1. The lowest BCUT2D eigenvalue weighted by molar-refractivity contribution is -0.139. The van der Waals surface area contributed by atoms with Gasteiger partial charge in [0.05, 0.1) is 18.8 Å². The van der Waals surface area contributed by atoms with Crippen LogP contribution in [0, 0.1) is 17.8 Å². The molecule has 1 aliphatic carbocycles. The second-order valence-electron chi connectivity index (χ2n) is 8.76. The fourth-order valence-corrected chi connectivity index (χ4v) is 5.35. The second kappa shape index (κ2) is 7.79. The second-order valence-corrected chi connectivity index (χ2v) is 8.76. The highest BCUT2D eigenvalue weighted by Crippen LogP contribution is 2.46. The highest BCUT2D eigenvalue weighted by molar-refractivity contribution is 5.80. The zero-order chi connectivity index (χ0) is 19.8. The Bertz CT molecular complexity index is 867. The number of pyridine rings is 1. The van der Waals surface area contributed by atoms with E-state index in [9.17, 15) is 4.79 Å². The number of fused-ring (bicyclic) bond motifs is 1. The van der Waals surface area contributed by atoms with Gasteiger partial charge in [-0.25, -0.2) is 4.98 Å². The lowest BCUT2D eigenvalue weighted by atomic mass is 9.83. The van der Waals surface area contributed by atoms with Gasteiger partial charge in [0.15, 0.2) is 0 Å². The standard InChI is InChI=1S/C24H29N3O2/c1-29-22-12-6-11-20(25-22)15-26-13-19-14-27(24(28)18-9-5-10-18)23(21(19)16-26)17-7-3-2-4-8-17/h2-4,6-8,11-12,18-19,21,23H,5,9-10,13-16H2,1H3/t19-,21-,23+/m0/s1. The van der Waals surface area contributed by atoms with Crippen LogP contribution in [0.2, 0.25) is 0 Å². The van der Waals surface area contributed by atoms with Gasteiger partial charge in [-0.3, -0.25) is 9.69 Å². The Morgan fingerprint density at radius 2 is 1.90 bits per heavy atom. The van der Waals surface area contributed by atoms with Crippen molar-refractivity contribution < 1.29 is 9.53 Å². The predicted molar refractivity (Wildman–Crippen MR) is 111 cm³/mol. The first kappa shape index (κ1) is 18.6. The van der Waals surface area contributed by atoms with E-state index in [1.54, 1.807) is 7.11 Å². The van der Waals surface area contributed by atoms with Gasteiger partial charge in [0.1, 0.15) is 0 Å². The molecule has 3 heterocycles. The molecule has 5 nitrogen and oxygen atoms in total. The van der Waals surface area contributed by atoms with Crippen LogP contribution in [0.5, 0.6) is 5.88 Å². The summed E-state index contributed by atoms with van der Waals surface area (Å²) in [7, 11) is 1.66. The lowest BCUT2D eigenvalue weighted by Gasteiger charge is -2.35. The number of rotatable bonds is 5. The van der Waals surface area contributed by atoms with E-state index in [1.165, 1.54) is 12.0 Å². The number of likely N-dealkylation sites (tertiary alicyclic amines) is 2. The van der Waals surface area contributed by atoms with Crippen molar-refractivity contribution in [3.8, 4) is 5.88 Å². The van der Waals surface area contributed by atoms with Crippen molar-refractivity contribution in [2.45, 2.75) is 31.8 Å². The molecule has 3 atom stereocenters. The summed E-state index contributed by atoms with van der Waals surface area (Å²) in [5.41, 5.74) is 2.33. The minimum atomic E-state index is 0.206. The van der Waals surface area contributed by atoms with Crippen LogP contribution >= 0.6 is 0 Å². The zero-order valence-electron chi connectivity index (χ0n) is 17.0. The van der Waals surface area contributed by atoms with Gasteiger partial charge in [-0.2, -0.15) is 0 Å². The van der Waals surface area contributed by atoms with Crippen LogP contribution in [0.15, 0.2) is 48.5 Å². The zero-order valence-corrected chi connectivity index (χ0v) is 17.0. The first-order chi connectivity index (χ1) is 14.2. The minimum absolute atomic E-state index is 0.206. The number of methoxy groups -OCH3 is 1. The molecule has 0 spiro atoms. The molecule has 1 saturated carbocycles. The molecule has 5 heteroatoms. The van der Waals surface area contributed by atoms with Crippen LogP contribution in [0.1, 0.15) is 36.6 Å². The first-order valence-corrected chi connectivity index (χ1v) is 10.8. The molecule has 3 fully saturated rings. The Kier molecular flexibility index (Phi) is 5.00. The van der Waals surface area contributed by atoms with Crippen LogP contribution in [0.25, 0.3) is 0 Å². The molecule has 152 valence electrons. The molecule has 5 rings (SSSR count). The van der Waals surface area contributed by atoms with Gasteiger partial charge in [-0.15, -0.1) is 0 Å². The van der Waals surface area contributed by atoms with Crippen molar-refractivity contribution >= 4 is 5.91 Å². The molecule has 1 aromatic heterocycles. The van der Waals surface area contributed by atoms with Gasteiger partial charge >= 0.3 is 0 Å². The Balaban J connectivity index is 1.35. The smallest absolute Gasteiger partial charge is 0.226 e. The largest absolute Gasteiger partial charge is 0.481 e. The van der Waals surface area contributed by atoms with Gasteiger partial charge in [-0.1, -0.05) is 42.8 Å². The number of hydrogen-bond donors (Lipinski definition) is 0. The summed E-state index contributed by atoms with van der Waals surface area (Å²) >= 11 is 0. The van der Waals surface area contributed by atoms with Crippen LogP contribution in [-0.4, -0.2) is 47.4 Å². The van der Waals surface area contributed by atoms with E-state index in [2.05, 4.69) is 51.2 Å². The van der Waals surface area contributed by atoms with Gasteiger partial charge in [0, 0.05) is 44.1 Å². The normalized spacial score (nSPS) is 26.9. The quantitative estimate of drug-likeness (QED) is 0.782. The summed E-state index contributed by atoms with van der Waals surface area (Å²) in [5, 5.41) is 0. The van der Waals surface area contributed by atoms with Crippen LogP contribution in [0.3, 0.4) is 0 Å². The van der Waals surface area contributed by atoms with Gasteiger partial charge in [0.2, 0.25) is 11.8 Å². The average Bonchev–Trinajstić information content (AvgIpc) is 3.24. The van der Waals surface area contributed by atoms with Crippen molar-refractivity contribution in [3.05, 3.63) is 59.8 Å². The summed E-state index contributed by atoms with van der Waals surface area (Å²) in [4.78, 5) is 22.5. The van der Waals surface area contributed by atoms with Crippen LogP contribution in [0.4, 0.5) is 0 Å².